The van der Waals surface area contributed by atoms with Gasteiger partial charge in [-0.25, -0.2) is 9.37 Å². The molecular formula is C13H14ClFN4. The quantitative estimate of drug-likeness (QED) is 0.871. The molecule has 0 atom stereocenters. The van der Waals surface area contributed by atoms with E-state index >= 15 is 0 Å². The van der Waals surface area contributed by atoms with Gasteiger partial charge in [0.15, 0.2) is 5.82 Å². The normalized spacial score (nSPS) is 11.6. The van der Waals surface area contributed by atoms with Gasteiger partial charge in [0.25, 0.3) is 0 Å². The summed E-state index contributed by atoms with van der Waals surface area (Å²) in [7, 11) is 0. The molecular weight excluding hydrogens is 267 g/mol. The number of nitrogens with zero attached hydrogens (tertiary/aromatic N) is 3. The van der Waals surface area contributed by atoms with Crippen molar-refractivity contribution in [1.82, 2.24) is 15.0 Å². The van der Waals surface area contributed by atoms with Gasteiger partial charge in [0.1, 0.15) is 11.6 Å². The molecule has 0 saturated carbocycles. The minimum atomic E-state index is -0.483. The molecule has 100 valence electrons. The Kier molecular flexibility index (Phi) is 3.41. The van der Waals surface area contributed by atoms with Crippen LogP contribution in [0.25, 0.3) is 11.4 Å². The first-order valence-electron chi connectivity index (χ1n) is 5.75. The molecule has 4 nitrogen and oxygen atoms in total. The molecule has 0 aliphatic rings. The molecule has 0 saturated heterocycles. The second-order valence-electron chi connectivity index (χ2n) is 5.22. The zero-order valence-electron chi connectivity index (χ0n) is 10.9. The van der Waals surface area contributed by atoms with Crippen LogP contribution in [-0.2, 0) is 5.41 Å². The molecule has 0 unspecified atom stereocenters. The van der Waals surface area contributed by atoms with E-state index in [0.29, 0.717) is 17.2 Å². The Morgan fingerprint density at radius 3 is 2.42 bits per heavy atom. The fourth-order valence-corrected chi connectivity index (χ4v) is 1.67. The van der Waals surface area contributed by atoms with Crippen LogP contribution in [0, 0.1) is 5.82 Å². The average Bonchev–Trinajstić information content (AvgIpc) is 2.31. The predicted molar refractivity (Wildman–Crippen MR) is 73.3 cm³/mol. The predicted octanol–water partition coefficient (Wildman–Crippen LogP) is 3.21. The fourth-order valence-electron chi connectivity index (χ4n) is 1.49. The summed E-state index contributed by atoms with van der Waals surface area (Å²) in [5.41, 5.74) is 6.04. The second kappa shape index (κ2) is 4.74. The highest BCUT2D eigenvalue weighted by Crippen LogP contribution is 2.25. The smallest absolute Gasteiger partial charge is 0.223 e. The van der Waals surface area contributed by atoms with Crippen molar-refractivity contribution in [2.45, 2.75) is 26.2 Å². The molecule has 0 aliphatic heterocycles. The van der Waals surface area contributed by atoms with Crippen molar-refractivity contribution >= 4 is 17.5 Å². The lowest BCUT2D eigenvalue weighted by molar-refractivity contribution is 0.544. The van der Waals surface area contributed by atoms with E-state index in [-0.39, 0.29) is 16.4 Å². The van der Waals surface area contributed by atoms with Crippen molar-refractivity contribution in [2.75, 3.05) is 5.73 Å². The Bertz CT molecular complexity index is 623. The lowest BCUT2D eigenvalue weighted by Gasteiger charge is -2.17. The van der Waals surface area contributed by atoms with Crippen molar-refractivity contribution in [3.63, 3.8) is 0 Å². The summed E-state index contributed by atoms with van der Waals surface area (Å²) >= 11 is 5.76. The summed E-state index contributed by atoms with van der Waals surface area (Å²) < 4.78 is 13.2. The van der Waals surface area contributed by atoms with E-state index in [0.717, 1.165) is 0 Å². The Labute approximate surface area is 115 Å². The van der Waals surface area contributed by atoms with E-state index in [1.165, 1.54) is 12.1 Å². The van der Waals surface area contributed by atoms with Crippen LogP contribution < -0.4 is 5.73 Å². The summed E-state index contributed by atoms with van der Waals surface area (Å²) in [5, 5.41) is 0.0220. The van der Waals surface area contributed by atoms with Crippen LogP contribution in [0.5, 0.6) is 0 Å². The van der Waals surface area contributed by atoms with Crippen molar-refractivity contribution in [1.29, 1.82) is 0 Å². The van der Waals surface area contributed by atoms with Crippen molar-refractivity contribution in [3.05, 3.63) is 34.9 Å². The Hall–Kier alpha value is -1.75. The molecule has 0 bridgehead atoms. The molecule has 2 rings (SSSR count). The first kappa shape index (κ1) is 13.7. The standard InChI is InChI=1S/C13H14ClFN4/c1-13(2,3)11-17-10(18-12(16)19-11)7-4-5-9(15)8(14)6-7/h4-6H,1-3H3,(H2,16,17,18,19). The first-order chi connectivity index (χ1) is 8.77. The van der Waals surface area contributed by atoms with Crippen molar-refractivity contribution < 1.29 is 4.39 Å². The third kappa shape index (κ3) is 2.98. The van der Waals surface area contributed by atoms with Crippen LogP contribution in [0.4, 0.5) is 10.3 Å². The zero-order valence-corrected chi connectivity index (χ0v) is 11.7. The van der Waals surface area contributed by atoms with Gasteiger partial charge in [-0.3, -0.25) is 0 Å². The largest absolute Gasteiger partial charge is 0.368 e. The molecule has 19 heavy (non-hydrogen) atoms. The number of aromatic nitrogens is 3. The number of halogens is 2. The molecule has 0 radical (unpaired) electrons. The number of hydrogen-bond donors (Lipinski definition) is 1. The molecule has 1 aromatic heterocycles. The lowest BCUT2D eigenvalue weighted by Crippen LogP contribution is -2.18. The van der Waals surface area contributed by atoms with E-state index in [1.807, 2.05) is 20.8 Å². The van der Waals surface area contributed by atoms with Crippen LogP contribution in [0.2, 0.25) is 5.02 Å². The molecule has 2 aromatic rings. The van der Waals surface area contributed by atoms with Gasteiger partial charge in [0.2, 0.25) is 5.95 Å². The zero-order chi connectivity index (χ0) is 14.2. The van der Waals surface area contributed by atoms with Crippen molar-refractivity contribution in [2.24, 2.45) is 0 Å². The van der Waals surface area contributed by atoms with E-state index in [2.05, 4.69) is 15.0 Å². The summed E-state index contributed by atoms with van der Waals surface area (Å²) in [6, 6.07) is 4.30. The van der Waals surface area contributed by atoms with Gasteiger partial charge in [-0.05, 0) is 18.2 Å². The van der Waals surface area contributed by atoms with Crippen molar-refractivity contribution in [3.8, 4) is 11.4 Å². The highest BCUT2D eigenvalue weighted by Gasteiger charge is 2.20. The number of nitrogens with two attached hydrogens (primary N) is 1. The Morgan fingerprint density at radius 2 is 1.84 bits per heavy atom. The van der Waals surface area contributed by atoms with Crippen LogP contribution >= 0.6 is 11.6 Å². The highest BCUT2D eigenvalue weighted by molar-refractivity contribution is 6.31. The molecule has 2 N–H and O–H groups in total. The maximum absolute atomic E-state index is 13.2. The van der Waals surface area contributed by atoms with Crippen LogP contribution in [0.15, 0.2) is 18.2 Å². The SMILES string of the molecule is CC(C)(C)c1nc(N)nc(-c2ccc(F)c(Cl)c2)n1. The molecule has 1 heterocycles. The molecule has 0 aliphatic carbocycles. The monoisotopic (exact) mass is 280 g/mol. The number of benzene rings is 1. The van der Waals surface area contributed by atoms with Crippen LogP contribution in [-0.4, -0.2) is 15.0 Å². The van der Waals surface area contributed by atoms with Gasteiger partial charge in [-0.2, -0.15) is 9.97 Å². The molecule has 0 amide bonds. The van der Waals surface area contributed by atoms with Gasteiger partial charge in [-0.15, -0.1) is 0 Å². The minimum Gasteiger partial charge on any atom is -0.368 e. The third-order valence-corrected chi connectivity index (χ3v) is 2.79. The minimum absolute atomic E-state index is 0.0220. The van der Waals surface area contributed by atoms with Gasteiger partial charge >= 0.3 is 0 Å². The number of nitrogen functional groups attached to an aromatic ring is 1. The number of anilines is 1. The highest BCUT2D eigenvalue weighted by atomic mass is 35.5. The van der Waals surface area contributed by atoms with Gasteiger partial charge < -0.3 is 5.73 Å². The van der Waals surface area contributed by atoms with E-state index in [9.17, 15) is 4.39 Å². The first-order valence-corrected chi connectivity index (χ1v) is 6.12. The molecule has 6 heteroatoms. The van der Waals surface area contributed by atoms with Crippen LogP contribution in [0.1, 0.15) is 26.6 Å². The molecule has 1 aromatic carbocycles. The molecule has 0 fully saturated rings. The van der Waals surface area contributed by atoms with Gasteiger partial charge in [0, 0.05) is 11.0 Å². The topological polar surface area (TPSA) is 64.7 Å². The molecule has 0 spiro atoms. The van der Waals surface area contributed by atoms with Gasteiger partial charge in [0.05, 0.1) is 5.02 Å². The number of hydrogen-bond acceptors (Lipinski definition) is 4. The van der Waals surface area contributed by atoms with Crippen LogP contribution in [0.3, 0.4) is 0 Å². The van der Waals surface area contributed by atoms with E-state index < -0.39 is 5.82 Å². The Balaban J connectivity index is 2.56. The summed E-state index contributed by atoms with van der Waals surface area (Å²) in [6.07, 6.45) is 0. The summed E-state index contributed by atoms with van der Waals surface area (Å²) in [6.45, 7) is 5.93. The lowest BCUT2D eigenvalue weighted by atomic mass is 9.96. The average molecular weight is 281 g/mol. The third-order valence-electron chi connectivity index (χ3n) is 2.50. The van der Waals surface area contributed by atoms with Gasteiger partial charge in [-0.1, -0.05) is 32.4 Å². The van der Waals surface area contributed by atoms with E-state index in [4.69, 9.17) is 17.3 Å². The fraction of sp³-hybridized carbons (Fsp3) is 0.308. The number of rotatable bonds is 1. The maximum atomic E-state index is 13.2. The second-order valence-corrected chi connectivity index (χ2v) is 5.63. The Morgan fingerprint density at radius 1 is 1.16 bits per heavy atom. The van der Waals surface area contributed by atoms with E-state index in [1.54, 1.807) is 6.07 Å². The summed E-state index contributed by atoms with van der Waals surface area (Å²) in [4.78, 5) is 12.5. The summed E-state index contributed by atoms with van der Waals surface area (Å²) in [5.74, 6) is 0.619. The maximum Gasteiger partial charge on any atom is 0.223 e.